The van der Waals surface area contributed by atoms with Crippen LogP contribution in [0, 0.1) is 0 Å². The SMILES string of the molecule is c1ccc2c(c1)ccc1cc(N(c3ccc(-c4ccc(-c5cc6ccccc6c6ccccc56)cc4)cc3)c3ccc4oc5c6ccccc6ccc5c4c3)ccc12. The van der Waals surface area contributed by atoms with Crippen LogP contribution in [0.15, 0.2) is 217 Å². The Morgan fingerprint density at radius 3 is 1.53 bits per heavy atom. The van der Waals surface area contributed by atoms with E-state index in [0.717, 1.165) is 44.4 Å². The van der Waals surface area contributed by atoms with E-state index in [1.807, 2.05) is 0 Å². The molecule has 0 bridgehead atoms. The molecule has 2 heteroatoms. The summed E-state index contributed by atoms with van der Waals surface area (Å²) >= 11 is 0. The second-order valence-electron chi connectivity index (χ2n) is 15.3. The van der Waals surface area contributed by atoms with Crippen LogP contribution in [0.3, 0.4) is 0 Å². The predicted molar refractivity (Wildman–Crippen MR) is 247 cm³/mol. The number of furan rings is 1. The van der Waals surface area contributed by atoms with Crippen LogP contribution in [0.1, 0.15) is 0 Å². The molecule has 12 rings (SSSR count). The molecule has 0 N–H and O–H groups in total. The van der Waals surface area contributed by atoms with Crippen molar-refractivity contribution in [3.8, 4) is 22.3 Å². The van der Waals surface area contributed by atoms with Crippen molar-refractivity contribution in [2.24, 2.45) is 0 Å². The summed E-state index contributed by atoms with van der Waals surface area (Å²) in [4.78, 5) is 2.37. The highest BCUT2D eigenvalue weighted by atomic mass is 16.3. The second-order valence-corrected chi connectivity index (χ2v) is 15.3. The lowest BCUT2D eigenvalue weighted by molar-refractivity contribution is 0.672. The largest absolute Gasteiger partial charge is 0.455 e. The molecule has 12 aromatic rings. The third-order valence-electron chi connectivity index (χ3n) is 12.0. The Morgan fingerprint density at radius 1 is 0.276 bits per heavy atom. The van der Waals surface area contributed by atoms with E-state index >= 15 is 0 Å². The van der Waals surface area contributed by atoms with Crippen molar-refractivity contribution in [3.63, 3.8) is 0 Å². The first-order valence-corrected chi connectivity index (χ1v) is 19.9. The summed E-state index contributed by atoms with van der Waals surface area (Å²) in [5, 5.41) is 14.6. The molecule has 0 radical (unpaired) electrons. The van der Waals surface area contributed by atoms with Gasteiger partial charge in [-0.15, -0.1) is 0 Å². The maximum Gasteiger partial charge on any atom is 0.143 e. The first-order valence-electron chi connectivity index (χ1n) is 19.9. The van der Waals surface area contributed by atoms with E-state index in [9.17, 15) is 0 Å². The average Bonchev–Trinajstić information content (AvgIpc) is 3.68. The third-order valence-corrected chi connectivity index (χ3v) is 12.0. The highest BCUT2D eigenvalue weighted by Gasteiger charge is 2.18. The van der Waals surface area contributed by atoms with Gasteiger partial charge in [0.25, 0.3) is 0 Å². The van der Waals surface area contributed by atoms with Crippen LogP contribution >= 0.6 is 0 Å². The van der Waals surface area contributed by atoms with Gasteiger partial charge in [0, 0.05) is 33.2 Å². The van der Waals surface area contributed by atoms with Crippen molar-refractivity contribution in [1.29, 1.82) is 0 Å². The van der Waals surface area contributed by atoms with E-state index < -0.39 is 0 Å². The van der Waals surface area contributed by atoms with Crippen LogP contribution < -0.4 is 4.90 Å². The standard InChI is InChI=1S/C56H35NO/c1-4-12-46-38(9-1)21-22-42-33-44(28-31-48(42)46)57(45-29-32-55-54(35-45)52-30-25-39-10-2-6-14-49(39)56(52)58-55)43-26-23-37(24-27-43)36-17-19-40(20-18-36)53-34-41-11-3-5-13-47(41)50-15-7-8-16-51(50)53/h1-35H. The molecular formula is C56H35NO. The lowest BCUT2D eigenvalue weighted by Crippen LogP contribution is -2.09. The molecule has 0 unspecified atom stereocenters. The van der Waals surface area contributed by atoms with Gasteiger partial charge in [-0.25, -0.2) is 0 Å². The fourth-order valence-electron chi connectivity index (χ4n) is 9.16. The lowest BCUT2D eigenvalue weighted by Gasteiger charge is -2.26. The van der Waals surface area contributed by atoms with E-state index in [2.05, 4.69) is 217 Å². The van der Waals surface area contributed by atoms with Crippen LogP contribution in [-0.4, -0.2) is 0 Å². The molecule has 0 amide bonds. The van der Waals surface area contributed by atoms with E-state index in [1.54, 1.807) is 0 Å². The fourth-order valence-corrected chi connectivity index (χ4v) is 9.16. The molecular weight excluding hydrogens is 703 g/mol. The van der Waals surface area contributed by atoms with Gasteiger partial charge in [0.1, 0.15) is 11.2 Å². The second kappa shape index (κ2) is 12.9. The molecule has 2 nitrogen and oxygen atoms in total. The van der Waals surface area contributed by atoms with Gasteiger partial charge < -0.3 is 9.32 Å². The van der Waals surface area contributed by atoms with Gasteiger partial charge in [-0.05, 0) is 125 Å². The summed E-state index contributed by atoms with van der Waals surface area (Å²) in [6.07, 6.45) is 0. The lowest BCUT2D eigenvalue weighted by atomic mass is 9.92. The molecule has 1 aromatic heterocycles. The quantitative estimate of drug-likeness (QED) is 0.164. The van der Waals surface area contributed by atoms with Crippen LogP contribution in [0.5, 0.6) is 0 Å². The molecule has 0 saturated heterocycles. The number of hydrogen-bond donors (Lipinski definition) is 0. The average molecular weight is 738 g/mol. The molecule has 0 saturated carbocycles. The predicted octanol–water partition coefficient (Wildman–Crippen LogP) is 16.2. The minimum atomic E-state index is 0.885. The van der Waals surface area contributed by atoms with Crippen molar-refractivity contribution in [2.45, 2.75) is 0 Å². The van der Waals surface area contributed by atoms with Crippen LogP contribution in [0.25, 0.3) is 98.1 Å². The zero-order chi connectivity index (χ0) is 38.2. The number of hydrogen-bond acceptors (Lipinski definition) is 2. The van der Waals surface area contributed by atoms with E-state index in [-0.39, 0.29) is 0 Å². The molecule has 0 aliphatic heterocycles. The monoisotopic (exact) mass is 737 g/mol. The number of rotatable bonds is 5. The summed E-state index contributed by atoms with van der Waals surface area (Å²) in [6, 6.07) is 77.1. The zero-order valence-electron chi connectivity index (χ0n) is 31.6. The molecule has 270 valence electrons. The molecule has 0 aliphatic rings. The van der Waals surface area contributed by atoms with Gasteiger partial charge in [-0.2, -0.15) is 0 Å². The Labute approximate surface area is 335 Å². The maximum absolute atomic E-state index is 6.53. The Kier molecular flexibility index (Phi) is 7.26. The maximum atomic E-state index is 6.53. The van der Waals surface area contributed by atoms with Crippen molar-refractivity contribution in [1.82, 2.24) is 0 Å². The Hall–Kier alpha value is -7.68. The zero-order valence-corrected chi connectivity index (χ0v) is 31.6. The highest BCUT2D eigenvalue weighted by Crippen LogP contribution is 2.42. The first-order chi connectivity index (χ1) is 28.7. The van der Waals surface area contributed by atoms with Crippen molar-refractivity contribution >= 4 is 92.9 Å². The Bertz CT molecular complexity index is 3560. The summed E-state index contributed by atoms with van der Waals surface area (Å²) < 4.78 is 6.53. The number of anilines is 3. The van der Waals surface area contributed by atoms with Crippen molar-refractivity contribution in [2.75, 3.05) is 4.90 Å². The Balaban J connectivity index is 0.960. The molecule has 0 spiro atoms. The van der Waals surface area contributed by atoms with Gasteiger partial charge in [-0.3, -0.25) is 0 Å². The smallest absolute Gasteiger partial charge is 0.143 e. The molecule has 1 heterocycles. The van der Waals surface area contributed by atoms with Gasteiger partial charge in [-0.1, -0.05) is 158 Å². The minimum absolute atomic E-state index is 0.885. The molecule has 0 fully saturated rings. The van der Waals surface area contributed by atoms with Crippen molar-refractivity contribution in [3.05, 3.63) is 212 Å². The minimum Gasteiger partial charge on any atom is -0.455 e. The third kappa shape index (κ3) is 5.19. The van der Waals surface area contributed by atoms with Crippen LogP contribution in [0.4, 0.5) is 17.1 Å². The van der Waals surface area contributed by atoms with E-state index in [4.69, 9.17) is 4.42 Å². The highest BCUT2D eigenvalue weighted by molar-refractivity contribution is 6.16. The van der Waals surface area contributed by atoms with Gasteiger partial charge in [0.05, 0.1) is 0 Å². The summed E-state index contributed by atoms with van der Waals surface area (Å²) in [6.45, 7) is 0. The molecule has 58 heavy (non-hydrogen) atoms. The van der Waals surface area contributed by atoms with Crippen molar-refractivity contribution < 1.29 is 4.42 Å². The normalized spacial score (nSPS) is 11.8. The first kappa shape index (κ1) is 32.6. The van der Waals surface area contributed by atoms with Crippen LogP contribution in [0.2, 0.25) is 0 Å². The fraction of sp³-hybridized carbons (Fsp3) is 0. The molecule has 0 aliphatic carbocycles. The van der Waals surface area contributed by atoms with Gasteiger partial charge in [0.2, 0.25) is 0 Å². The summed E-state index contributed by atoms with van der Waals surface area (Å²) in [5.74, 6) is 0. The number of benzene rings is 11. The number of fused-ring (bicyclic) bond motifs is 11. The summed E-state index contributed by atoms with van der Waals surface area (Å²) in [5.41, 5.74) is 9.89. The molecule has 0 atom stereocenters. The van der Waals surface area contributed by atoms with Gasteiger partial charge in [0.15, 0.2) is 0 Å². The topological polar surface area (TPSA) is 16.4 Å². The van der Waals surface area contributed by atoms with E-state index in [0.29, 0.717) is 0 Å². The molecule has 11 aromatic carbocycles. The number of nitrogens with zero attached hydrogens (tertiary/aromatic N) is 1. The van der Waals surface area contributed by atoms with Gasteiger partial charge >= 0.3 is 0 Å². The van der Waals surface area contributed by atoms with E-state index in [1.165, 1.54) is 70.7 Å². The Morgan fingerprint density at radius 2 is 0.759 bits per heavy atom. The van der Waals surface area contributed by atoms with Crippen LogP contribution in [-0.2, 0) is 0 Å². The summed E-state index contributed by atoms with van der Waals surface area (Å²) in [7, 11) is 0.